The van der Waals surface area contributed by atoms with Gasteiger partial charge in [-0.15, -0.1) is 0 Å². The van der Waals surface area contributed by atoms with Gasteiger partial charge >= 0.3 is 0 Å². The molecule has 0 fully saturated rings. The molecule has 0 radical (unpaired) electrons. The van der Waals surface area contributed by atoms with E-state index in [0.29, 0.717) is 6.42 Å². The standard InChI is InChI=1S/C13H14O/c1-10(14)8-11-6-7-12-4-2-3-5-13(12)9-11/h2-5,9H,6-8H2,1H3. The zero-order valence-corrected chi connectivity index (χ0v) is 8.42. The van der Waals surface area contributed by atoms with Crippen LogP contribution in [0.4, 0.5) is 0 Å². The van der Waals surface area contributed by atoms with Gasteiger partial charge in [0.15, 0.2) is 0 Å². The second-order valence-electron chi connectivity index (χ2n) is 3.88. The summed E-state index contributed by atoms with van der Waals surface area (Å²) >= 11 is 0. The molecule has 0 bridgehead atoms. The third-order valence-electron chi connectivity index (χ3n) is 2.61. The third kappa shape index (κ3) is 1.92. The normalized spacial score (nSPS) is 14.5. The molecule has 0 heterocycles. The summed E-state index contributed by atoms with van der Waals surface area (Å²) in [6.45, 7) is 1.65. The molecule has 1 aliphatic rings. The molecular formula is C13H14O. The van der Waals surface area contributed by atoms with Crippen molar-refractivity contribution < 1.29 is 4.79 Å². The Morgan fingerprint density at radius 1 is 1.29 bits per heavy atom. The van der Waals surface area contributed by atoms with Crippen LogP contribution in [-0.2, 0) is 11.2 Å². The van der Waals surface area contributed by atoms with Crippen LogP contribution < -0.4 is 0 Å². The van der Waals surface area contributed by atoms with Crippen molar-refractivity contribution in [3.63, 3.8) is 0 Å². The zero-order chi connectivity index (χ0) is 9.97. The molecule has 1 aromatic carbocycles. The summed E-state index contributed by atoms with van der Waals surface area (Å²) in [4.78, 5) is 11.0. The number of hydrogen-bond donors (Lipinski definition) is 0. The molecule has 1 aromatic rings. The third-order valence-corrected chi connectivity index (χ3v) is 2.61. The van der Waals surface area contributed by atoms with Crippen LogP contribution in [-0.4, -0.2) is 5.78 Å². The largest absolute Gasteiger partial charge is 0.300 e. The molecule has 1 nitrogen and oxygen atoms in total. The quantitative estimate of drug-likeness (QED) is 0.694. The van der Waals surface area contributed by atoms with Gasteiger partial charge in [0.2, 0.25) is 0 Å². The van der Waals surface area contributed by atoms with Crippen molar-refractivity contribution in [1.82, 2.24) is 0 Å². The predicted octanol–water partition coefficient (Wildman–Crippen LogP) is 3.00. The van der Waals surface area contributed by atoms with Crippen molar-refractivity contribution in [2.45, 2.75) is 26.2 Å². The van der Waals surface area contributed by atoms with E-state index in [1.807, 2.05) is 6.07 Å². The number of aryl methyl sites for hydroxylation is 1. The molecule has 72 valence electrons. The van der Waals surface area contributed by atoms with E-state index >= 15 is 0 Å². The van der Waals surface area contributed by atoms with E-state index in [4.69, 9.17) is 0 Å². The fourth-order valence-corrected chi connectivity index (χ4v) is 1.95. The van der Waals surface area contributed by atoms with Crippen LogP contribution >= 0.6 is 0 Å². The van der Waals surface area contributed by atoms with Gasteiger partial charge in [-0.05, 0) is 30.9 Å². The first-order valence-electron chi connectivity index (χ1n) is 5.02. The number of hydrogen-bond acceptors (Lipinski definition) is 1. The van der Waals surface area contributed by atoms with Gasteiger partial charge < -0.3 is 0 Å². The van der Waals surface area contributed by atoms with E-state index in [2.05, 4.69) is 24.3 Å². The minimum atomic E-state index is 0.260. The molecule has 0 saturated heterocycles. The molecule has 0 saturated carbocycles. The molecule has 0 aliphatic heterocycles. The number of allylic oxidation sites excluding steroid dienone is 1. The molecule has 0 amide bonds. The van der Waals surface area contributed by atoms with Gasteiger partial charge in [-0.1, -0.05) is 35.9 Å². The van der Waals surface area contributed by atoms with Crippen LogP contribution in [0.3, 0.4) is 0 Å². The van der Waals surface area contributed by atoms with Gasteiger partial charge in [-0.3, -0.25) is 4.79 Å². The number of Topliss-reactive ketones (excluding diaryl/α,β-unsaturated/α-hetero) is 1. The highest BCUT2D eigenvalue weighted by Gasteiger charge is 2.10. The van der Waals surface area contributed by atoms with Crippen molar-refractivity contribution in [3.8, 4) is 0 Å². The van der Waals surface area contributed by atoms with Crippen LogP contribution in [0.5, 0.6) is 0 Å². The first-order valence-corrected chi connectivity index (χ1v) is 5.02. The maximum absolute atomic E-state index is 11.0. The van der Waals surface area contributed by atoms with E-state index < -0.39 is 0 Å². The zero-order valence-electron chi connectivity index (χ0n) is 8.42. The summed E-state index contributed by atoms with van der Waals surface area (Å²) in [5, 5.41) is 0. The van der Waals surface area contributed by atoms with E-state index in [-0.39, 0.29) is 5.78 Å². The SMILES string of the molecule is CC(=O)CC1=Cc2ccccc2CC1. The number of rotatable bonds is 2. The average Bonchev–Trinajstić information content (AvgIpc) is 2.17. The van der Waals surface area contributed by atoms with Gasteiger partial charge in [-0.25, -0.2) is 0 Å². The molecule has 0 spiro atoms. The first kappa shape index (κ1) is 9.20. The molecule has 2 rings (SSSR count). The summed E-state index contributed by atoms with van der Waals surface area (Å²) in [6.07, 6.45) is 4.90. The van der Waals surface area contributed by atoms with E-state index in [1.54, 1.807) is 6.92 Å². The van der Waals surface area contributed by atoms with Gasteiger partial charge in [0.05, 0.1) is 0 Å². The highest BCUT2D eigenvalue weighted by molar-refractivity contribution is 5.80. The smallest absolute Gasteiger partial charge is 0.133 e. The molecule has 1 aliphatic carbocycles. The summed E-state index contributed by atoms with van der Waals surface area (Å²) < 4.78 is 0. The Balaban J connectivity index is 2.26. The van der Waals surface area contributed by atoms with E-state index in [0.717, 1.165) is 12.8 Å². The number of fused-ring (bicyclic) bond motifs is 1. The minimum absolute atomic E-state index is 0.260. The Bertz CT molecular complexity index is 388. The summed E-state index contributed by atoms with van der Waals surface area (Å²) in [7, 11) is 0. The first-order chi connectivity index (χ1) is 6.75. The topological polar surface area (TPSA) is 17.1 Å². The van der Waals surface area contributed by atoms with Crippen LogP contribution in [0.25, 0.3) is 6.08 Å². The Morgan fingerprint density at radius 2 is 2.07 bits per heavy atom. The van der Waals surface area contributed by atoms with Crippen LogP contribution in [0, 0.1) is 0 Å². The molecule has 0 N–H and O–H groups in total. The second kappa shape index (κ2) is 3.79. The molecular weight excluding hydrogens is 172 g/mol. The maximum Gasteiger partial charge on any atom is 0.133 e. The van der Waals surface area contributed by atoms with Gasteiger partial charge in [-0.2, -0.15) is 0 Å². The maximum atomic E-state index is 11.0. The Morgan fingerprint density at radius 3 is 2.86 bits per heavy atom. The van der Waals surface area contributed by atoms with Crippen LogP contribution in [0.1, 0.15) is 30.9 Å². The van der Waals surface area contributed by atoms with E-state index in [1.165, 1.54) is 16.7 Å². The lowest BCUT2D eigenvalue weighted by molar-refractivity contribution is -0.116. The minimum Gasteiger partial charge on any atom is -0.300 e. The Hall–Kier alpha value is -1.37. The monoisotopic (exact) mass is 186 g/mol. The van der Waals surface area contributed by atoms with Crippen molar-refractivity contribution in [3.05, 3.63) is 41.0 Å². The lowest BCUT2D eigenvalue weighted by atomic mass is 9.90. The number of ketones is 1. The van der Waals surface area contributed by atoms with Gasteiger partial charge in [0, 0.05) is 6.42 Å². The second-order valence-corrected chi connectivity index (χ2v) is 3.88. The molecule has 14 heavy (non-hydrogen) atoms. The van der Waals surface area contributed by atoms with Crippen molar-refractivity contribution in [2.24, 2.45) is 0 Å². The van der Waals surface area contributed by atoms with Gasteiger partial charge in [0.25, 0.3) is 0 Å². The molecule has 0 unspecified atom stereocenters. The molecule has 0 atom stereocenters. The number of carbonyl (C=O) groups is 1. The number of carbonyl (C=O) groups excluding carboxylic acids is 1. The predicted molar refractivity (Wildman–Crippen MR) is 58.0 cm³/mol. The van der Waals surface area contributed by atoms with Crippen molar-refractivity contribution >= 4 is 11.9 Å². The van der Waals surface area contributed by atoms with E-state index in [9.17, 15) is 4.79 Å². The fraction of sp³-hybridized carbons (Fsp3) is 0.308. The lowest BCUT2D eigenvalue weighted by Gasteiger charge is -2.15. The Labute approximate surface area is 84.5 Å². The summed E-state index contributed by atoms with van der Waals surface area (Å²) in [5.41, 5.74) is 3.96. The summed E-state index contributed by atoms with van der Waals surface area (Å²) in [5.74, 6) is 0.260. The van der Waals surface area contributed by atoms with Crippen LogP contribution in [0.15, 0.2) is 29.8 Å². The van der Waals surface area contributed by atoms with Crippen molar-refractivity contribution in [1.29, 1.82) is 0 Å². The van der Waals surface area contributed by atoms with Gasteiger partial charge in [0.1, 0.15) is 5.78 Å². The average molecular weight is 186 g/mol. The fourth-order valence-electron chi connectivity index (χ4n) is 1.95. The van der Waals surface area contributed by atoms with Crippen molar-refractivity contribution in [2.75, 3.05) is 0 Å². The lowest BCUT2D eigenvalue weighted by Crippen LogP contribution is -2.02. The Kier molecular flexibility index (Phi) is 2.49. The highest BCUT2D eigenvalue weighted by atomic mass is 16.1. The number of benzene rings is 1. The highest BCUT2D eigenvalue weighted by Crippen LogP contribution is 2.25. The molecule has 0 aromatic heterocycles. The molecule has 1 heteroatoms. The summed E-state index contributed by atoms with van der Waals surface area (Å²) in [6, 6.07) is 8.40. The van der Waals surface area contributed by atoms with Crippen LogP contribution in [0.2, 0.25) is 0 Å².